The lowest BCUT2D eigenvalue weighted by Crippen LogP contribution is -2.26. The van der Waals surface area contributed by atoms with Crippen molar-refractivity contribution in [2.45, 2.75) is 27.2 Å². The second-order valence-corrected chi connectivity index (χ2v) is 6.42. The largest absolute Gasteiger partial charge is 0.330 e. The molecule has 2 aromatic rings. The first kappa shape index (κ1) is 13.2. The predicted molar refractivity (Wildman–Crippen MR) is 78.8 cm³/mol. The van der Waals surface area contributed by atoms with E-state index in [1.807, 2.05) is 0 Å². The number of hydrogen-bond acceptors (Lipinski definition) is 3. The van der Waals surface area contributed by atoms with Gasteiger partial charge in [0.2, 0.25) is 0 Å². The topological polar surface area (TPSA) is 38.9 Å². The minimum Gasteiger partial charge on any atom is -0.330 e. The number of aromatic nitrogens is 1. The smallest absolute Gasteiger partial charge is 0.123 e. The molecule has 0 saturated heterocycles. The molecule has 96 valence electrons. The van der Waals surface area contributed by atoms with Crippen LogP contribution in [0.4, 0.5) is 0 Å². The maximum atomic E-state index is 5.77. The molecule has 0 aliphatic heterocycles. The average Bonchev–Trinajstić information content (AvgIpc) is 2.77. The highest BCUT2D eigenvalue weighted by Crippen LogP contribution is 2.27. The molecule has 0 amide bonds. The molecule has 0 aliphatic carbocycles. The van der Waals surface area contributed by atoms with Crippen molar-refractivity contribution >= 4 is 11.3 Å². The third kappa shape index (κ3) is 3.18. The summed E-state index contributed by atoms with van der Waals surface area (Å²) in [6, 6.07) is 8.48. The highest BCUT2D eigenvalue weighted by Gasteiger charge is 2.18. The van der Waals surface area contributed by atoms with Crippen molar-refractivity contribution < 1.29 is 0 Å². The number of nitrogens with zero attached hydrogens (tertiary/aromatic N) is 1. The van der Waals surface area contributed by atoms with Crippen molar-refractivity contribution in [1.82, 2.24) is 4.98 Å². The number of thiazole rings is 1. The summed E-state index contributed by atoms with van der Waals surface area (Å²) in [5.74, 6) is 0. The maximum Gasteiger partial charge on any atom is 0.123 e. The number of nitrogens with two attached hydrogens (primary N) is 1. The van der Waals surface area contributed by atoms with E-state index in [0.717, 1.165) is 17.1 Å². The average molecular weight is 260 g/mol. The van der Waals surface area contributed by atoms with Gasteiger partial charge in [0.25, 0.3) is 0 Å². The number of benzene rings is 1. The Hall–Kier alpha value is -1.19. The van der Waals surface area contributed by atoms with Gasteiger partial charge in [-0.25, -0.2) is 4.98 Å². The normalized spacial score (nSPS) is 11.8. The van der Waals surface area contributed by atoms with Crippen molar-refractivity contribution in [1.29, 1.82) is 0 Å². The summed E-state index contributed by atoms with van der Waals surface area (Å²) in [5.41, 5.74) is 9.51. The summed E-state index contributed by atoms with van der Waals surface area (Å²) < 4.78 is 0. The van der Waals surface area contributed by atoms with Crippen LogP contribution < -0.4 is 5.73 Å². The summed E-state index contributed by atoms with van der Waals surface area (Å²) in [6.45, 7) is 7.15. The molecular weight excluding hydrogens is 240 g/mol. The van der Waals surface area contributed by atoms with Crippen molar-refractivity contribution in [3.63, 3.8) is 0 Å². The van der Waals surface area contributed by atoms with Crippen LogP contribution in [0.1, 0.15) is 25.1 Å². The van der Waals surface area contributed by atoms with Gasteiger partial charge in [-0.05, 0) is 31.4 Å². The Morgan fingerprint density at radius 3 is 2.78 bits per heavy atom. The predicted octanol–water partition coefficient (Wildman–Crippen LogP) is 3.65. The van der Waals surface area contributed by atoms with Gasteiger partial charge in [0.1, 0.15) is 5.01 Å². The monoisotopic (exact) mass is 260 g/mol. The van der Waals surface area contributed by atoms with Gasteiger partial charge in [-0.15, -0.1) is 11.3 Å². The van der Waals surface area contributed by atoms with E-state index in [-0.39, 0.29) is 5.41 Å². The van der Waals surface area contributed by atoms with Crippen LogP contribution >= 0.6 is 11.3 Å². The summed E-state index contributed by atoms with van der Waals surface area (Å²) in [4.78, 5) is 4.72. The molecule has 0 saturated carbocycles. The van der Waals surface area contributed by atoms with Gasteiger partial charge in [-0.1, -0.05) is 37.6 Å². The molecule has 0 unspecified atom stereocenters. The van der Waals surface area contributed by atoms with E-state index in [1.54, 1.807) is 11.3 Å². The Morgan fingerprint density at radius 1 is 1.33 bits per heavy atom. The zero-order valence-corrected chi connectivity index (χ0v) is 12.1. The second kappa shape index (κ2) is 5.21. The summed E-state index contributed by atoms with van der Waals surface area (Å²) >= 11 is 1.71. The van der Waals surface area contributed by atoms with E-state index in [9.17, 15) is 0 Å². The van der Waals surface area contributed by atoms with Crippen LogP contribution in [0.15, 0.2) is 29.6 Å². The van der Waals surface area contributed by atoms with Crippen molar-refractivity contribution in [3.05, 3.63) is 40.9 Å². The molecule has 0 atom stereocenters. The second-order valence-electron chi connectivity index (χ2n) is 5.56. The van der Waals surface area contributed by atoms with Crippen LogP contribution in [0.3, 0.4) is 0 Å². The zero-order chi connectivity index (χ0) is 13.2. The number of hydrogen-bond donors (Lipinski definition) is 1. The molecule has 0 spiro atoms. The minimum absolute atomic E-state index is 0.123. The Balaban J connectivity index is 2.21. The van der Waals surface area contributed by atoms with Gasteiger partial charge in [0.15, 0.2) is 0 Å². The minimum atomic E-state index is 0.123. The molecule has 0 bridgehead atoms. The van der Waals surface area contributed by atoms with E-state index in [2.05, 4.69) is 50.4 Å². The molecule has 0 fully saturated rings. The van der Waals surface area contributed by atoms with E-state index in [4.69, 9.17) is 10.7 Å². The SMILES string of the molecule is Cc1cccc(-c2nc(CC(C)(C)CN)cs2)c1. The number of aryl methyl sites for hydroxylation is 1. The molecule has 1 aromatic heterocycles. The van der Waals surface area contributed by atoms with Crippen LogP contribution in [-0.2, 0) is 6.42 Å². The lowest BCUT2D eigenvalue weighted by atomic mass is 9.88. The highest BCUT2D eigenvalue weighted by atomic mass is 32.1. The number of rotatable bonds is 4. The summed E-state index contributed by atoms with van der Waals surface area (Å²) in [7, 11) is 0. The van der Waals surface area contributed by atoms with Gasteiger partial charge < -0.3 is 5.73 Å². The van der Waals surface area contributed by atoms with Gasteiger partial charge in [-0.2, -0.15) is 0 Å². The van der Waals surface area contributed by atoms with Crippen LogP contribution in [-0.4, -0.2) is 11.5 Å². The molecule has 1 heterocycles. The Kier molecular flexibility index (Phi) is 3.83. The molecular formula is C15H20N2S. The molecule has 2 nitrogen and oxygen atoms in total. The third-order valence-electron chi connectivity index (χ3n) is 3.03. The van der Waals surface area contributed by atoms with Crippen molar-refractivity contribution in [3.8, 4) is 10.6 Å². The summed E-state index contributed by atoms with van der Waals surface area (Å²) in [5, 5.41) is 3.25. The molecule has 2 N–H and O–H groups in total. The van der Waals surface area contributed by atoms with Crippen LogP contribution in [0.2, 0.25) is 0 Å². The van der Waals surface area contributed by atoms with E-state index < -0.39 is 0 Å². The fraction of sp³-hybridized carbons (Fsp3) is 0.400. The van der Waals surface area contributed by atoms with E-state index in [0.29, 0.717) is 6.54 Å². The van der Waals surface area contributed by atoms with Crippen LogP contribution in [0.5, 0.6) is 0 Å². The van der Waals surface area contributed by atoms with Crippen molar-refractivity contribution in [2.24, 2.45) is 11.1 Å². The van der Waals surface area contributed by atoms with Gasteiger partial charge >= 0.3 is 0 Å². The Labute approximate surface area is 113 Å². The first-order valence-electron chi connectivity index (χ1n) is 6.22. The molecule has 2 rings (SSSR count). The van der Waals surface area contributed by atoms with Gasteiger partial charge in [0.05, 0.1) is 5.69 Å². The lowest BCUT2D eigenvalue weighted by molar-refractivity contribution is 0.373. The maximum absolute atomic E-state index is 5.77. The van der Waals surface area contributed by atoms with Crippen LogP contribution in [0, 0.1) is 12.3 Å². The van der Waals surface area contributed by atoms with Gasteiger partial charge in [-0.3, -0.25) is 0 Å². The Bertz CT molecular complexity index is 529. The summed E-state index contributed by atoms with van der Waals surface area (Å²) in [6.07, 6.45) is 0.936. The third-order valence-corrected chi connectivity index (χ3v) is 3.97. The zero-order valence-electron chi connectivity index (χ0n) is 11.2. The lowest BCUT2D eigenvalue weighted by Gasteiger charge is -2.20. The van der Waals surface area contributed by atoms with Crippen LogP contribution in [0.25, 0.3) is 10.6 Å². The highest BCUT2D eigenvalue weighted by molar-refractivity contribution is 7.13. The van der Waals surface area contributed by atoms with Crippen molar-refractivity contribution in [2.75, 3.05) is 6.54 Å². The Morgan fingerprint density at radius 2 is 2.11 bits per heavy atom. The quantitative estimate of drug-likeness (QED) is 0.911. The first-order valence-corrected chi connectivity index (χ1v) is 7.10. The molecule has 18 heavy (non-hydrogen) atoms. The van der Waals surface area contributed by atoms with E-state index in [1.165, 1.54) is 11.1 Å². The van der Waals surface area contributed by atoms with Gasteiger partial charge in [0, 0.05) is 10.9 Å². The molecule has 0 aliphatic rings. The molecule has 1 aromatic carbocycles. The first-order chi connectivity index (χ1) is 8.50. The fourth-order valence-corrected chi connectivity index (χ4v) is 2.68. The fourth-order valence-electron chi connectivity index (χ4n) is 1.86. The molecule has 0 radical (unpaired) electrons. The standard InChI is InChI=1S/C15H20N2S/c1-11-5-4-6-12(7-11)14-17-13(9-18-14)8-15(2,3)10-16/h4-7,9H,8,10,16H2,1-3H3. The molecule has 3 heteroatoms. The van der Waals surface area contributed by atoms with E-state index >= 15 is 0 Å².